The van der Waals surface area contributed by atoms with Crippen LogP contribution in [0, 0.1) is 64.1 Å². The number of carbonyl (C=O) groups is 12. The number of carbonyl (C=O) groups excluding carboxylic acids is 12. The van der Waals surface area contributed by atoms with Crippen molar-refractivity contribution in [3.05, 3.63) is 126 Å². The van der Waals surface area contributed by atoms with E-state index in [1.54, 1.807) is 37.1 Å². The van der Waals surface area contributed by atoms with Gasteiger partial charge in [0.25, 0.3) is 0 Å². The van der Waals surface area contributed by atoms with Gasteiger partial charge in [0.05, 0.1) is 56.8 Å². The fourth-order valence-corrected chi connectivity index (χ4v) is 25.5. The number of quaternary nitrogens is 1. The maximum atomic E-state index is 15.8. The number of amides is 11. The van der Waals surface area contributed by atoms with Crippen LogP contribution in [-0.4, -0.2) is 227 Å². The maximum absolute atomic E-state index is 15.8. The molecule has 10 aliphatic rings. The first-order valence-corrected chi connectivity index (χ1v) is 50.9. The predicted octanol–water partition coefficient (Wildman–Crippen LogP) is 7.37. The zero-order valence-corrected chi connectivity index (χ0v) is 79.6. The minimum absolute atomic E-state index is 0.0439. The number of ether oxygens (including phenoxy) is 1. The minimum Gasteiger partial charge on any atom is -0.508 e. The molecule has 5 heterocycles. The number of benzene rings is 3. The molecule has 15 N–H and O–H groups in total. The number of aliphatic hydroxyl groups is 1. The van der Waals surface area contributed by atoms with Crippen molar-refractivity contribution >= 4 is 103 Å². The second-order valence-electron chi connectivity index (χ2n) is 40.4. The number of nitrogens with two attached hydrogens (primary N) is 1. The molecule has 7 fully saturated rings. The highest BCUT2D eigenvalue weighted by atomic mass is 33.1. The highest BCUT2D eigenvalue weighted by Crippen LogP contribution is 2.67. The van der Waals surface area contributed by atoms with Crippen molar-refractivity contribution in [2.24, 2.45) is 69.8 Å². The second-order valence-corrected chi connectivity index (χ2v) is 43.0. The number of phenols is 1. The van der Waals surface area contributed by atoms with Crippen molar-refractivity contribution < 1.29 is 77.4 Å². The molecule has 23 unspecified atom stereocenters. The van der Waals surface area contributed by atoms with Gasteiger partial charge < -0.3 is 83.2 Å². The first kappa shape index (κ1) is 99.2. The molecule has 23 atom stereocenters. The Kier molecular flexibility index (Phi) is 34.2. The Morgan fingerprint density at radius 3 is 2.15 bits per heavy atom. The molecule has 0 spiro atoms. The number of nitrogens with zero attached hydrogens (tertiary/aromatic N) is 2. The quantitative estimate of drug-likeness (QED) is 0.0192. The third-order valence-electron chi connectivity index (χ3n) is 30.5. The van der Waals surface area contributed by atoms with Gasteiger partial charge in [0.1, 0.15) is 60.2 Å². The van der Waals surface area contributed by atoms with Crippen LogP contribution in [0.5, 0.6) is 5.75 Å². The number of alkyl carbamates (subject to hydrolysis) is 1. The summed E-state index contributed by atoms with van der Waals surface area (Å²) in [6.45, 7) is 18.8. The summed E-state index contributed by atoms with van der Waals surface area (Å²) in [6, 6.07) is 5.51. The first-order valence-electron chi connectivity index (χ1n) is 48.5. The largest absolute Gasteiger partial charge is 0.508 e. The van der Waals surface area contributed by atoms with E-state index in [0.717, 1.165) is 100 Å². The van der Waals surface area contributed by atoms with Crippen molar-refractivity contribution in [3.63, 3.8) is 0 Å². The Balaban J connectivity index is 0.748. The molecule has 0 bridgehead atoms. The van der Waals surface area contributed by atoms with Gasteiger partial charge in [-0.25, -0.2) is 4.79 Å². The number of nitrogens with one attached hydrogen (secondary N) is 11. The number of phenolic OH excluding ortho intramolecular Hbond substituents is 1. The van der Waals surface area contributed by atoms with E-state index >= 15 is 33.6 Å². The van der Waals surface area contributed by atoms with E-state index in [1.807, 2.05) is 66.8 Å². The second kappa shape index (κ2) is 45.2. The summed E-state index contributed by atoms with van der Waals surface area (Å²) in [6.07, 6.45) is 26.0. The van der Waals surface area contributed by atoms with Crippen LogP contribution in [0.15, 0.2) is 114 Å². The smallest absolute Gasteiger partial charge is 0.407 e. The lowest BCUT2D eigenvalue weighted by atomic mass is 9.47. The standard InChI is InChI=1S/C100H142N14O15S2/c1-58(2)20-16-21-60(5)73-38-39-74-72-37-34-68-52-70(40-42-99(68,7)75(72)41-43-100(73,74)8)129-98(128)102-44-15-14-27-77-89(119)110-86(59(3)4)95(125)109-82(93(123)111-87(61(6)115)88(101)118)57-131-130-56-81(92(122)106-79(49-62-31-35-69(116)36-32-62)90(120)105-78(85(117)54-104-77)51-67-53-103-76-26-13-12-25-71(67)76)108-91(121)80(50-63-30-33-64-22-10-11-23-65(64)48-63)107-94(124)83-28-18-46-113(83)97(127)84-29-19-47-114(84)96(126)66-24-17-45-112(9)55-66/h10-13,22-23,25-26,30-36,48,53,58-61,66,70-84,86-87,103-104,115-116H,14-21,24,27-29,37-47,49-52,54-57H2,1-9H3,(H2,101,118)(H,102,128)(H,105,120)(H,106,122)(H,107,124)(H,108,121)(H,109,125)(H,110,119)(H,111,123)/p+1. The van der Waals surface area contributed by atoms with Crippen LogP contribution in [0.4, 0.5) is 4.79 Å². The van der Waals surface area contributed by atoms with Crippen molar-refractivity contribution in [1.82, 2.24) is 63.0 Å². The molecule has 3 saturated carbocycles. The third kappa shape index (κ3) is 24.6. The molecule has 0 radical (unpaired) electrons. The topological polar surface area (TPSA) is 412 Å². The number of Topliss-reactive ketones (excluding diaryl/α,β-unsaturated/α-hetero) is 1. The molecule has 29 nitrogen and oxygen atoms in total. The van der Waals surface area contributed by atoms with Gasteiger partial charge >= 0.3 is 6.09 Å². The molecular weight excluding hydrogens is 1700 g/mol. The first-order chi connectivity index (χ1) is 62.7. The Labute approximate surface area is 779 Å². The van der Waals surface area contributed by atoms with Gasteiger partial charge in [-0.1, -0.05) is 180 Å². The van der Waals surface area contributed by atoms with Crippen molar-refractivity contribution in [2.75, 3.05) is 57.8 Å². The van der Waals surface area contributed by atoms with Gasteiger partial charge in [-0.3, -0.25) is 58.1 Å². The zero-order chi connectivity index (χ0) is 93.5. The molecule has 4 saturated heterocycles. The molecule has 131 heavy (non-hydrogen) atoms. The summed E-state index contributed by atoms with van der Waals surface area (Å²) >= 11 is 0. The van der Waals surface area contributed by atoms with E-state index in [-0.39, 0.29) is 104 Å². The number of ketones is 1. The maximum Gasteiger partial charge on any atom is 0.407 e. The van der Waals surface area contributed by atoms with Crippen LogP contribution in [-0.2, 0) is 70.3 Å². The molecule has 5 aliphatic heterocycles. The van der Waals surface area contributed by atoms with Crippen LogP contribution in [0.3, 0.4) is 0 Å². The van der Waals surface area contributed by atoms with Crippen LogP contribution in [0.2, 0.25) is 0 Å². The number of hydrogen-bond acceptors (Lipinski definition) is 19. The number of rotatable bonds is 28. The Morgan fingerprint density at radius 1 is 0.695 bits per heavy atom. The highest BCUT2D eigenvalue weighted by Gasteiger charge is 2.60. The molecule has 3 aromatic rings. The summed E-state index contributed by atoms with van der Waals surface area (Å²) in [5, 5.41) is 52.4. The van der Waals surface area contributed by atoms with E-state index in [9.17, 15) is 34.2 Å². The molecule has 714 valence electrons. The van der Waals surface area contributed by atoms with Gasteiger partial charge in [0, 0.05) is 56.3 Å². The Bertz CT molecular complexity index is 4740. The number of unbranched alkanes of at least 4 members (excludes halogenated alkanes) is 1. The molecule has 0 aromatic heterocycles. The zero-order valence-electron chi connectivity index (χ0n) is 77.9. The average Bonchev–Trinajstić information content (AvgIpc) is 1.69. The average molecular weight is 1850 g/mol. The van der Waals surface area contributed by atoms with E-state index in [1.165, 1.54) is 79.4 Å². The number of likely N-dealkylation sites (tertiary alicyclic amines) is 3. The summed E-state index contributed by atoms with van der Waals surface area (Å²) in [7, 11) is 3.99. The van der Waals surface area contributed by atoms with Gasteiger partial charge in [-0.15, -0.1) is 0 Å². The number of allylic oxidation sites excluding steroid dienone is 3. The predicted molar refractivity (Wildman–Crippen MR) is 506 cm³/mol. The van der Waals surface area contributed by atoms with Crippen LogP contribution in [0.25, 0.3) is 10.8 Å². The fraction of sp³-hybridized carbons (Fsp3) is 0.640. The van der Waals surface area contributed by atoms with Crippen molar-refractivity contribution in [1.29, 1.82) is 0 Å². The number of aromatic hydroxyl groups is 1. The SMILES string of the molecule is CC(C)CCCC(C)C1CCC2C3CC=C4CC(OC(=O)NCCCCC5NCC(=O)C(CC6=CNC7C=CC=CC67)NC(=O)C(Cc6ccc(O)cc6)NC(=O)C(NC(=O)C(Cc6ccc7ccccc7c6)NC(=O)C6CCCN6C(=O)C6CCCN6C(=O)C6CCC[NH+](C)C6)CSSCC(C(=O)NC(C(N)=O)C(C)O)NC(=O)C(C(C)C)NC5=O)CCC4(C)C3CCC12C. The minimum atomic E-state index is -1.64. The molecular formula is C100H143N14O15S2+. The summed E-state index contributed by atoms with van der Waals surface area (Å²) in [5.41, 5.74) is 9.39. The van der Waals surface area contributed by atoms with E-state index in [2.05, 4.69) is 101 Å². The van der Waals surface area contributed by atoms with Gasteiger partial charge in [-0.05, 0) is 214 Å². The lowest BCUT2D eigenvalue weighted by Gasteiger charge is -2.58. The fourth-order valence-electron chi connectivity index (χ4n) is 23.2. The summed E-state index contributed by atoms with van der Waals surface area (Å²) in [5.74, 6) is -5.44. The molecule has 31 heteroatoms. The van der Waals surface area contributed by atoms with Crippen molar-refractivity contribution in [2.45, 2.75) is 282 Å². The number of hydrogen-bond donors (Lipinski definition) is 14. The number of fused-ring (bicyclic) bond motifs is 7. The lowest BCUT2D eigenvalue weighted by molar-refractivity contribution is -0.887. The molecule has 11 amide bonds. The van der Waals surface area contributed by atoms with Crippen LogP contribution in [0.1, 0.15) is 201 Å². The third-order valence-corrected chi connectivity index (χ3v) is 33.0. The molecule has 5 aliphatic carbocycles. The monoisotopic (exact) mass is 1840 g/mol. The van der Waals surface area contributed by atoms with Gasteiger partial charge in [0.2, 0.25) is 59.1 Å². The van der Waals surface area contributed by atoms with Gasteiger partial charge in [-0.2, -0.15) is 0 Å². The van der Waals surface area contributed by atoms with E-state index in [0.29, 0.717) is 80.0 Å². The Hall–Kier alpha value is -9.30. The molecule has 13 rings (SSSR count). The summed E-state index contributed by atoms with van der Waals surface area (Å²) < 4.78 is 6.21. The van der Waals surface area contributed by atoms with E-state index < -0.39 is 138 Å². The highest BCUT2D eigenvalue weighted by molar-refractivity contribution is 8.76. The number of piperidine rings is 1. The Morgan fingerprint density at radius 2 is 1.41 bits per heavy atom. The van der Waals surface area contributed by atoms with E-state index in [4.69, 9.17) is 10.5 Å². The lowest BCUT2D eigenvalue weighted by Crippen LogP contribution is -3.10. The van der Waals surface area contributed by atoms with Crippen molar-refractivity contribution in [3.8, 4) is 5.75 Å². The van der Waals surface area contributed by atoms with Crippen LogP contribution >= 0.6 is 21.6 Å². The molecule has 3 aromatic carbocycles. The normalized spacial score (nSPS) is 31.2. The van der Waals surface area contributed by atoms with Crippen LogP contribution < -0.4 is 63.8 Å². The van der Waals surface area contributed by atoms with Gasteiger partial charge in [0.15, 0.2) is 5.78 Å². The summed E-state index contributed by atoms with van der Waals surface area (Å²) in [4.78, 5) is 183. The number of aliphatic hydroxyl groups excluding tert-OH is 1. The number of primary amides is 1.